The molecule has 0 saturated carbocycles. The minimum atomic E-state index is -0.322. The number of aryl methyl sites for hydroxylation is 1. The number of benzene rings is 2. The highest BCUT2D eigenvalue weighted by Crippen LogP contribution is 2.41. The molecule has 3 amide bonds. The first kappa shape index (κ1) is 20.3. The molecule has 1 fully saturated rings. The summed E-state index contributed by atoms with van der Waals surface area (Å²) in [5.41, 5.74) is 9.09. The molecule has 164 valence electrons. The second kappa shape index (κ2) is 7.82. The normalized spacial score (nSPS) is 18.9. The summed E-state index contributed by atoms with van der Waals surface area (Å²) in [6.07, 6.45) is 3.20. The molecule has 7 heteroatoms. The molecule has 0 bridgehead atoms. The van der Waals surface area contributed by atoms with Crippen LogP contribution in [0.5, 0.6) is 0 Å². The summed E-state index contributed by atoms with van der Waals surface area (Å²) in [7, 11) is 1.99. The third kappa shape index (κ3) is 3.25. The number of aromatic nitrogens is 1. The van der Waals surface area contributed by atoms with E-state index < -0.39 is 0 Å². The number of nitrogens with zero attached hydrogens (tertiary/aromatic N) is 3. The lowest BCUT2D eigenvalue weighted by molar-refractivity contribution is -0.135. The molecular weight excluding hydrogens is 404 g/mol. The van der Waals surface area contributed by atoms with Crippen molar-refractivity contribution in [2.24, 2.45) is 18.7 Å². The molecule has 1 saturated heterocycles. The quantitative estimate of drug-likeness (QED) is 0.690. The second-order valence-corrected chi connectivity index (χ2v) is 8.69. The number of carbonyl (C=O) groups excluding carboxylic acids is 3. The summed E-state index contributed by atoms with van der Waals surface area (Å²) in [5.74, 6) is -0.711. The molecule has 0 radical (unpaired) electrons. The molecule has 0 spiro atoms. The molecular formula is C25H26N4O3. The monoisotopic (exact) mass is 430 g/mol. The molecule has 2 aliphatic rings. The highest BCUT2D eigenvalue weighted by molar-refractivity contribution is 6.02. The van der Waals surface area contributed by atoms with Crippen LogP contribution in [0.4, 0.5) is 0 Å². The fourth-order valence-corrected chi connectivity index (χ4v) is 5.12. The van der Waals surface area contributed by atoms with E-state index in [2.05, 4.69) is 22.9 Å². The fraction of sp³-hybridized carbons (Fsp3) is 0.320. The van der Waals surface area contributed by atoms with Crippen molar-refractivity contribution < 1.29 is 14.4 Å². The molecule has 7 nitrogen and oxygen atoms in total. The van der Waals surface area contributed by atoms with Gasteiger partial charge in [0.1, 0.15) is 6.54 Å². The van der Waals surface area contributed by atoms with Crippen LogP contribution in [0.1, 0.15) is 40.4 Å². The van der Waals surface area contributed by atoms with E-state index in [9.17, 15) is 14.4 Å². The van der Waals surface area contributed by atoms with Gasteiger partial charge in [-0.05, 0) is 30.5 Å². The van der Waals surface area contributed by atoms with Crippen molar-refractivity contribution in [2.75, 3.05) is 19.6 Å². The minimum Gasteiger partial charge on any atom is -0.369 e. The van der Waals surface area contributed by atoms with Gasteiger partial charge < -0.3 is 20.1 Å². The van der Waals surface area contributed by atoms with Crippen LogP contribution in [0.2, 0.25) is 0 Å². The third-order valence-electron chi connectivity index (χ3n) is 6.84. The number of rotatable bonds is 4. The Kier molecular flexibility index (Phi) is 4.96. The first-order chi connectivity index (χ1) is 15.5. The van der Waals surface area contributed by atoms with Crippen molar-refractivity contribution in [3.63, 3.8) is 0 Å². The Hall–Kier alpha value is -3.61. The number of fused-ring (bicyclic) bond motifs is 2. The number of primary amides is 1. The smallest absolute Gasteiger partial charge is 0.255 e. The molecule has 3 heterocycles. The summed E-state index contributed by atoms with van der Waals surface area (Å²) in [6, 6.07) is 15.4. The molecule has 1 unspecified atom stereocenters. The molecule has 5 rings (SSSR count). The molecule has 32 heavy (non-hydrogen) atoms. The van der Waals surface area contributed by atoms with Crippen molar-refractivity contribution in [3.8, 4) is 0 Å². The number of carbonyl (C=O) groups is 3. The number of nitrogens with two attached hydrogens (primary N) is 1. The van der Waals surface area contributed by atoms with Crippen LogP contribution in [0, 0.1) is 5.92 Å². The van der Waals surface area contributed by atoms with Crippen molar-refractivity contribution in [1.82, 2.24) is 14.4 Å². The first-order valence-electron chi connectivity index (χ1n) is 11.0. The highest BCUT2D eigenvalue weighted by Gasteiger charge is 2.40. The van der Waals surface area contributed by atoms with Gasteiger partial charge in [0.2, 0.25) is 11.8 Å². The van der Waals surface area contributed by atoms with Gasteiger partial charge in [-0.1, -0.05) is 36.4 Å². The molecule has 0 aliphatic carbocycles. The van der Waals surface area contributed by atoms with Gasteiger partial charge in [0.05, 0.1) is 6.04 Å². The van der Waals surface area contributed by atoms with E-state index in [1.165, 1.54) is 0 Å². The van der Waals surface area contributed by atoms with Crippen molar-refractivity contribution in [1.29, 1.82) is 0 Å². The minimum absolute atomic E-state index is 0.00262. The predicted molar refractivity (Wildman–Crippen MR) is 121 cm³/mol. The maximum Gasteiger partial charge on any atom is 0.255 e. The van der Waals surface area contributed by atoms with E-state index in [1.54, 1.807) is 9.80 Å². The maximum atomic E-state index is 13.4. The third-order valence-corrected chi connectivity index (χ3v) is 6.84. The Morgan fingerprint density at radius 1 is 1.00 bits per heavy atom. The fourth-order valence-electron chi connectivity index (χ4n) is 5.12. The maximum absolute atomic E-state index is 13.4. The number of amides is 3. The van der Waals surface area contributed by atoms with E-state index in [0.717, 1.165) is 22.0 Å². The Morgan fingerprint density at radius 2 is 1.69 bits per heavy atom. The van der Waals surface area contributed by atoms with Gasteiger partial charge in [0, 0.05) is 54.3 Å². The summed E-state index contributed by atoms with van der Waals surface area (Å²) in [4.78, 5) is 41.4. The van der Waals surface area contributed by atoms with Gasteiger partial charge in [-0.25, -0.2) is 0 Å². The molecule has 3 aromatic rings. The van der Waals surface area contributed by atoms with Crippen LogP contribution in [0.15, 0.2) is 54.7 Å². The summed E-state index contributed by atoms with van der Waals surface area (Å²) < 4.78 is 2.06. The summed E-state index contributed by atoms with van der Waals surface area (Å²) >= 11 is 0. The average molecular weight is 431 g/mol. The molecule has 2 aromatic carbocycles. The van der Waals surface area contributed by atoms with Crippen LogP contribution in [-0.2, 0) is 16.6 Å². The van der Waals surface area contributed by atoms with Crippen molar-refractivity contribution >= 4 is 28.6 Å². The van der Waals surface area contributed by atoms with Gasteiger partial charge in [-0.3, -0.25) is 14.4 Å². The van der Waals surface area contributed by atoms with Crippen molar-refractivity contribution in [3.05, 3.63) is 71.4 Å². The molecule has 1 atom stereocenters. The van der Waals surface area contributed by atoms with Crippen LogP contribution in [0.25, 0.3) is 10.9 Å². The Bertz CT molecular complexity index is 1220. The van der Waals surface area contributed by atoms with Crippen molar-refractivity contribution in [2.45, 2.75) is 18.9 Å². The van der Waals surface area contributed by atoms with E-state index >= 15 is 0 Å². The van der Waals surface area contributed by atoms with E-state index in [1.807, 2.05) is 43.4 Å². The largest absolute Gasteiger partial charge is 0.369 e. The van der Waals surface area contributed by atoms with E-state index in [4.69, 9.17) is 5.73 Å². The Morgan fingerprint density at radius 3 is 2.44 bits per heavy atom. The van der Waals surface area contributed by atoms with E-state index in [0.29, 0.717) is 31.5 Å². The van der Waals surface area contributed by atoms with Gasteiger partial charge in [0.25, 0.3) is 5.91 Å². The topological polar surface area (TPSA) is 88.6 Å². The lowest BCUT2D eigenvalue weighted by atomic mass is 9.96. The zero-order valence-electron chi connectivity index (χ0n) is 18.0. The summed E-state index contributed by atoms with van der Waals surface area (Å²) in [5, 5.41) is 1.07. The Balaban J connectivity index is 1.48. The predicted octanol–water partition coefficient (Wildman–Crippen LogP) is 2.45. The lowest BCUT2D eigenvalue weighted by Crippen LogP contribution is -2.46. The number of hydrogen-bond acceptors (Lipinski definition) is 3. The van der Waals surface area contributed by atoms with E-state index in [-0.39, 0.29) is 36.2 Å². The van der Waals surface area contributed by atoms with Gasteiger partial charge in [-0.15, -0.1) is 0 Å². The number of piperidine rings is 1. The summed E-state index contributed by atoms with van der Waals surface area (Å²) in [6.45, 7) is 0.976. The molecule has 1 aromatic heterocycles. The van der Waals surface area contributed by atoms with Crippen LogP contribution in [0.3, 0.4) is 0 Å². The van der Waals surface area contributed by atoms with Crippen LogP contribution < -0.4 is 5.73 Å². The van der Waals surface area contributed by atoms with Crippen LogP contribution >= 0.6 is 0 Å². The number of para-hydroxylation sites is 1. The van der Waals surface area contributed by atoms with Gasteiger partial charge in [0.15, 0.2) is 0 Å². The zero-order valence-corrected chi connectivity index (χ0v) is 18.0. The van der Waals surface area contributed by atoms with Gasteiger partial charge >= 0.3 is 0 Å². The average Bonchev–Trinajstić information content (AvgIpc) is 3.28. The first-order valence-corrected chi connectivity index (χ1v) is 11.0. The molecule has 2 aliphatic heterocycles. The number of hydrogen-bond donors (Lipinski definition) is 1. The SMILES string of the molecule is Cn1cc(C2c3ccccc3C(=O)N2CC(=O)N2CCC(C(N)=O)CC2)c2ccccc21. The Labute approximate surface area is 186 Å². The zero-order chi connectivity index (χ0) is 22.4. The molecule has 2 N–H and O–H groups in total. The van der Waals surface area contributed by atoms with Crippen LogP contribution in [-0.4, -0.2) is 51.7 Å². The number of likely N-dealkylation sites (tertiary alicyclic amines) is 1. The lowest BCUT2D eigenvalue weighted by Gasteiger charge is -2.33. The second-order valence-electron chi connectivity index (χ2n) is 8.69. The standard InChI is InChI=1S/C25H26N4O3/c1-27-14-20(17-6-4-5-9-21(17)27)23-18-7-2-3-8-19(18)25(32)29(23)15-22(30)28-12-10-16(11-13-28)24(26)31/h2-9,14,16,23H,10-13,15H2,1H3,(H2,26,31). The highest BCUT2D eigenvalue weighted by atomic mass is 16.2. The van der Waals surface area contributed by atoms with Gasteiger partial charge in [-0.2, -0.15) is 0 Å².